The highest BCUT2D eigenvalue weighted by atomic mass is 16.5. The SMILES string of the molecule is CCCC(=O)OC.CCCC(=O)OCC. The van der Waals surface area contributed by atoms with E-state index in [0.29, 0.717) is 19.4 Å². The molecule has 0 aromatic rings. The van der Waals surface area contributed by atoms with Crippen molar-refractivity contribution < 1.29 is 19.1 Å². The summed E-state index contributed by atoms with van der Waals surface area (Å²) in [6.07, 6.45) is 2.83. The molecule has 90 valence electrons. The van der Waals surface area contributed by atoms with Gasteiger partial charge in [-0.15, -0.1) is 0 Å². The predicted octanol–water partition coefficient (Wildman–Crippen LogP) is 2.31. The zero-order chi connectivity index (χ0) is 12.1. The van der Waals surface area contributed by atoms with Crippen LogP contribution in [0, 0.1) is 0 Å². The maximum atomic E-state index is 10.4. The molecule has 0 fully saturated rings. The highest BCUT2D eigenvalue weighted by molar-refractivity contribution is 5.69. The van der Waals surface area contributed by atoms with Gasteiger partial charge in [-0.25, -0.2) is 0 Å². The molecule has 0 saturated heterocycles. The van der Waals surface area contributed by atoms with Gasteiger partial charge in [0.1, 0.15) is 0 Å². The van der Waals surface area contributed by atoms with E-state index in [9.17, 15) is 9.59 Å². The fourth-order valence-electron chi connectivity index (χ4n) is 0.743. The van der Waals surface area contributed by atoms with E-state index in [4.69, 9.17) is 0 Å². The molecule has 0 spiro atoms. The van der Waals surface area contributed by atoms with Crippen LogP contribution in [0.25, 0.3) is 0 Å². The van der Waals surface area contributed by atoms with Crippen molar-refractivity contribution in [1.29, 1.82) is 0 Å². The number of methoxy groups -OCH3 is 1. The second-order valence-electron chi connectivity index (χ2n) is 2.88. The van der Waals surface area contributed by atoms with E-state index in [0.717, 1.165) is 12.8 Å². The first-order valence-corrected chi connectivity index (χ1v) is 5.34. The molecular formula is C11H22O4. The van der Waals surface area contributed by atoms with Crippen LogP contribution in [-0.2, 0) is 19.1 Å². The number of carbonyl (C=O) groups excluding carboxylic acids is 2. The number of hydrogen-bond acceptors (Lipinski definition) is 4. The van der Waals surface area contributed by atoms with Gasteiger partial charge >= 0.3 is 11.9 Å². The van der Waals surface area contributed by atoms with Gasteiger partial charge in [0, 0.05) is 12.8 Å². The van der Waals surface area contributed by atoms with Crippen molar-refractivity contribution >= 4 is 11.9 Å². The Morgan fingerprint density at radius 2 is 1.40 bits per heavy atom. The Balaban J connectivity index is 0. The number of rotatable bonds is 5. The smallest absolute Gasteiger partial charge is 0.305 e. The lowest BCUT2D eigenvalue weighted by Gasteiger charge is -1.96. The third-order valence-corrected chi connectivity index (χ3v) is 1.44. The summed E-state index contributed by atoms with van der Waals surface area (Å²) in [7, 11) is 1.40. The maximum Gasteiger partial charge on any atom is 0.305 e. The molecule has 0 saturated carbocycles. The molecular weight excluding hydrogens is 196 g/mol. The monoisotopic (exact) mass is 218 g/mol. The highest BCUT2D eigenvalue weighted by Crippen LogP contribution is 1.89. The molecule has 0 N–H and O–H groups in total. The third-order valence-electron chi connectivity index (χ3n) is 1.44. The average Bonchev–Trinajstić information content (AvgIpc) is 2.20. The van der Waals surface area contributed by atoms with Gasteiger partial charge in [0.15, 0.2) is 0 Å². The lowest BCUT2D eigenvalue weighted by Crippen LogP contribution is -2.01. The van der Waals surface area contributed by atoms with Gasteiger partial charge in [0.2, 0.25) is 0 Å². The Bertz CT molecular complexity index is 158. The van der Waals surface area contributed by atoms with Crippen molar-refractivity contribution in [2.45, 2.75) is 46.5 Å². The van der Waals surface area contributed by atoms with Gasteiger partial charge in [-0.1, -0.05) is 13.8 Å². The minimum absolute atomic E-state index is 0.0880. The van der Waals surface area contributed by atoms with Crippen molar-refractivity contribution in [2.75, 3.05) is 13.7 Å². The Hall–Kier alpha value is -1.06. The molecule has 0 amide bonds. The van der Waals surface area contributed by atoms with Gasteiger partial charge < -0.3 is 9.47 Å². The molecule has 0 bridgehead atoms. The van der Waals surface area contributed by atoms with Crippen LogP contribution >= 0.6 is 0 Å². The molecule has 4 heteroatoms. The highest BCUT2D eigenvalue weighted by Gasteiger charge is 1.95. The Kier molecular flexibility index (Phi) is 14.1. The zero-order valence-corrected chi connectivity index (χ0v) is 10.2. The Morgan fingerprint density at radius 1 is 0.933 bits per heavy atom. The first-order valence-electron chi connectivity index (χ1n) is 5.34. The number of ether oxygens (including phenoxy) is 2. The summed E-state index contributed by atoms with van der Waals surface area (Å²) in [6.45, 7) is 6.21. The van der Waals surface area contributed by atoms with Crippen molar-refractivity contribution in [2.24, 2.45) is 0 Å². The van der Waals surface area contributed by atoms with Crippen molar-refractivity contribution in [3.05, 3.63) is 0 Å². The minimum atomic E-state index is -0.123. The van der Waals surface area contributed by atoms with Crippen molar-refractivity contribution in [3.63, 3.8) is 0 Å². The standard InChI is InChI=1S/C6H12O2.C5H10O2/c1-3-5-6(7)8-4-2;1-3-4-5(6)7-2/h3-5H2,1-2H3;3-4H2,1-2H3. The van der Waals surface area contributed by atoms with Gasteiger partial charge in [-0.2, -0.15) is 0 Å². The summed E-state index contributed by atoms with van der Waals surface area (Å²) in [5.41, 5.74) is 0. The molecule has 0 aromatic heterocycles. The van der Waals surface area contributed by atoms with Gasteiger partial charge in [0.25, 0.3) is 0 Å². The van der Waals surface area contributed by atoms with Gasteiger partial charge in [-0.05, 0) is 19.8 Å². The number of carbonyl (C=O) groups is 2. The van der Waals surface area contributed by atoms with Crippen LogP contribution < -0.4 is 0 Å². The van der Waals surface area contributed by atoms with E-state index in [1.54, 1.807) is 0 Å². The molecule has 0 radical (unpaired) electrons. The van der Waals surface area contributed by atoms with Crippen LogP contribution in [0.1, 0.15) is 46.5 Å². The molecule has 0 aliphatic carbocycles. The van der Waals surface area contributed by atoms with E-state index in [2.05, 4.69) is 9.47 Å². The number of hydrogen-bond donors (Lipinski definition) is 0. The van der Waals surface area contributed by atoms with E-state index < -0.39 is 0 Å². The van der Waals surface area contributed by atoms with Crippen LogP contribution in [0.2, 0.25) is 0 Å². The largest absolute Gasteiger partial charge is 0.469 e. The normalized spacial score (nSPS) is 8.53. The Morgan fingerprint density at radius 3 is 1.67 bits per heavy atom. The molecule has 0 rings (SSSR count). The fraction of sp³-hybridized carbons (Fsp3) is 0.818. The Labute approximate surface area is 91.9 Å². The quantitative estimate of drug-likeness (QED) is 0.664. The lowest BCUT2D eigenvalue weighted by molar-refractivity contribution is -0.143. The van der Waals surface area contributed by atoms with Crippen molar-refractivity contribution in [3.8, 4) is 0 Å². The molecule has 0 heterocycles. The average molecular weight is 218 g/mol. The molecule has 15 heavy (non-hydrogen) atoms. The predicted molar refractivity (Wildman–Crippen MR) is 58.5 cm³/mol. The summed E-state index contributed by atoms with van der Waals surface area (Å²) < 4.78 is 9.00. The molecule has 0 aromatic carbocycles. The summed E-state index contributed by atoms with van der Waals surface area (Å²) in [6, 6.07) is 0. The fourth-order valence-corrected chi connectivity index (χ4v) is 0.743. The first kappa shape index (κ1) is 16.4. The van der Waals surface area contributed by atoms with Gasteiger partial charge in [-0.3, -0.25) is 9.59 Å². The molecule has 0 atom stereocenters. The topological polar surface area (TPSA) is 52.6 Å². The summed E-state index contributed by atoms with van der Waals surface area (Å²) >= 11 is 0. The molecule has 0 aliphatic heterocycles. The third kappa shape index (κ3) is 15.7. The first-order chi connectivity index (χ1) is 7.12. The molecule has 0 unspecified atom stereocenters. The minimum Gasteiger partial charge on any atom is -0.469 e. The second-order valence-corrected chi connectivity index (χ2v) is 2.88. The van der Waals surface area contributed by atoms with Crippen LogP contribution in [0.3, 0.4) is 0 Å². The van der Waals surface area contributed by atoms with Crippen molar-refractivity contribution in [1.82, 2.24) is 0 Å². The van der Waals surface area contributed by atoms with Crippen LogP contribution in [0.5, 0.6) is 0 Å². The summed E-state index contributed by atoms with van der Waals surface area (Å²) in [5.74, 6) is -0.211. The summed E-state index contributed by atoms with van der Waals surface area (Å²) in [5, 5.41) is 0. The van der Waals surface area contributed by atoms with E-state index in [-0.39, 0.29) is 11.9 Å². The zero-order valence-electron chi connectivity index (χ0n) is 10.2. The lowest BCUT2D eigenvalue weighted by atomic mass is 10.3. The van der Waals surface area contributed by atoms with Crippen LogP contribution in [0.4, 0.5) is 0 Å². The maximum absolute atomic E-state index is 10.4. The van der Waals surface area contributed by atoms with E-state index >= 15 is 0 Å². The van der Waals surface area contributed by atoms with Crippen LogP contribution in [0.15, 0.2) is 0 Å². The van der Waals surface area contributed by atoms with Gasteiger partial charge in [0.05, 0.1) is 13.7 Å². The second kappa shape index (κ2) is 12.9. The van der Waals surface area contributed by atoms with E-state index in [1.807, 2.05) is 20.8 Å². The molecule has 4 nitrogen and oxygen atoms in total. The molecule has 0 aliphatic rings. The van der Waals surface area contributed by atoms with Crippen LogP contribution in [-0.4, -0.2) is 25.7 Å². The van der Waals surface area contributed by atoms with E-state index in [1.165, 1.54) is 7.11 Å². The summed E-state index contributed by atoms with van der Waals surface area (Å²) in [4.78, 5) is 20.6. The number of esters is 2.